The van der Waals surface area contributed by atoms with Crippen molar-refractivity contribution in [2.24, 2.45) is 5.84 Å². The van der Waals surface area contributed by atoms with Gasteiger partial charge in [0.25, 0.3) is 11.6 Å². The van der Waals surface area contributed by atoms with Gasteiger partial charge in [0.2, 0.25) is 0 Å². The van der Waals surface area contributed by atoms with E-state index in [1.54, 1.807) is 5.01 Å². The lowest BCUT2D eigenvalue weighted by atomic mass is 10.1. The Balaban J connectivity index is 2.20. The molecule has 20 heavy (non-hydrogen) atoms. The Morgan fingerprint density at radius 2 is 2.10 bits per heavy atom. The highest BCUT2D eigenvalue weighted by Crippen LogP contribution is 2.22. The Hall–Kier alpha value is -2.23. The number of rotatable bonds is 4. The molecule has 1 amide bonds. The number of hydrogen-bond acceptors (Lipinski definition) is 7. The summed E-state index contributed by atoms with van der Waals surface area (Å²) in [6, 6.07) is 4.01. The Labute approximate surface area is 114 Å². The minimum atomic E-state index is -0.603. The number of nitro groups is 1. The van der Waals surface area contributed by atoms with E-state index in [1.165, 1.54) is 18.2 Å². The van der Waals surface area contributed by atoms with Gasteiger partial charge in [0, 0.05) is 24.8 Å². The van der Waals surface area contributed by atoms with Crippen LogP contribution in [0.1, 0.15) is 10.4 Å². The van der Waals surface area contributed by atoms with E-state index >= 15 is 0 Å². The van der Waals surface area contributed by atoms with Gasteiger partial charge in [0.1, 0.15) is 5.56 Å². The molecule has 108 valence electrons. The van der Waals surface area contributed by atoms with E-state index in [0.29, 0.717) is 32.0 Å². The van der Waals surface area contributed by atoms with Crippen molar-refractivity contribution < 1.29 is 14.5 Å². The fraction of sp³-hybridized carbons (Fsp3) is 0.364. The largest absolute Gasteiger partial charge is 0.379 e. The molecule has 0 atom stereocenters. The number of carbonyl (C=O) groups is 1. The number of carbonyl (C=O) groups excluding carboxylic acids is 1. The summed E-state index contributed by atoms with van der Waals surface area (Å²) in [5, 5.41) is 12.6. The number of nitrogens with two attached hydrogens (primary N) is 1. The van der Waals surface area contributed by atoms with Crippen LogP contribution < -0.4 is 16.7 Å². The molecule has 0 radical (unpaired) electrons. The second kappa shape index (κ2) is 6.28. The first-order valence-corrected chi connectivity index (χ1v) is 6.00. The van der Waals surface area contributed by atoms with Gasteiger partial charge in [-0.05, 0) is 12.1 Å². The van der Waals surface area contributed by atoms with Crippen molar-refractivity contribution in [2.75, 3.05) is 31.7 Å². The molecule has 0 spiro atoms. The molecule has 0 unspecified atom stereocenters. The number of hydrogen-bond donors (Lipinski definition) is 3. The van der Waals surface area contributed by atoms with Gasteiger partial charge in [-0.1, -0.05) is 0 Å². The minimum Gasteiger partial charge on any atom is -0.379 e. The maximum atomic E-state index is 12.1. The zero-order valence-electron chi connectivity index (χ0n) is 10.7. The summed E-state index contributed by atoms with van der Waals surface area (Å²) in [4.78, 5) is 22.5. The van der Waals surface area contributed by atoms with Crippen LogP contribution in [0.15, 0.2) is 18.2 Å². The fourth-order valence-electron chi connectivity index (χ4n) is 1.85. The van der Waals surface area contributed by atoms with Gasteiger partial charge in [0.05, 0.1) is 18.1 Å². The third-order valence-electron chi connectivity index (χ3n) is 2.88. The molecule has 1 saturated heterocycles. The number of morpholine rings is 1. The van der Waals surface area contributed by atoms with Gasteiger partial charge in [-0.2, -0.15) is 0 Å². The highest BCUT2D eigenvalue weighted by Gasteiger charge is 2.23. The number of nitrogen functional groups attached to an aromatic ring is 1. The zero-order chi connectivity index (χ0) is 14.5. The van der Waals surface area contributed by atoms with Gasteiger partial charge in [0.15, 0.2) is 0 Å². The molecule has 0 aliphatic carbocycles. The first-order chi connectivity index (χ1) is 9.61. The maximum absolute atomic E-state index is 12.1. The Morgan fingerprint density at radius 1 is 1.40 bits per heavy atom. The number of nitrogens with zero attached hydrogens (tertiary/aromatic N) is 2. The summed E-state index contributed by atoms with van der Waals surface area (Å²) >= 11 is 0. The number of nitrogens with one attached hydrogen (secondary N) is 2. The Bertz CT molecular complexity index is 516. The molecule has 1 aromatic rings. The first-order valence-electron chi connectivity index (χ1n) is 6.00. The number of amides is 1. The normalized spacial score (nSPS) is 15.7. The quantitative estimate of drug-likeness (QED) is 0.398. The van der Waals surface area contributed by atoms with Crippen LogP contribution in [-0.2, 0) is 4.74 Å². The molecule has 1 fully saturated rings. The van der Waals surface area contributed by atoms with Crippen molar-refractivity contribution in [3.63, 3.8) is 0 Å². The molecule has 4 N–H and O–H groups in total. The van der Waals surface area contributed by atoms with Crippen LogP contribution in [0.4, 0.5) is 11.4 Å². The van der Waals surface area contributed by atoms with Gasteiger partial charge in [-0.3, -0.25) is 26.2 Å². The monoisotopic (exact) mass is 281 g/mol. The van der Waals surface area contributed by atoms with Crippen LogP contribution >= 0.6 is 0 Å². The lowest BCUT2D eigenvalue weighted by molar-refractivity contribution is -0.385. The molecule has 0 bridgehead atoms. The molecular weight excluding hydrogens is 266 g/mol. The summed E-state index contributed by atoms with van der Waals surface area (Å²) < 4.78 is 5.16. The van der Waals surface area contributed by atoms with E-state index in [0.717, 1.165) is 0 Å². The Kier molecular flexibility index (Phi) is 4.45. The second-order valence-electron chi connectivity index (χ2n) is 4.17. The van der Waals surface area contributed by atoms with Crippen molar-refractivity contribution in [2.45, 2.75) is 0 Å². The van der Waals surface area contributed by atoms with Gasteiger partial charge in [-0.15, -0.1) is 0 Å². The number of benzene rings is 1. The third kappa shape index (κ3) is 3.20. The van der Waals surface area contributed by atoms with Crippen LogP contribution in [0.5, 0.6) is 0 Å². The summed E-state index contributed by atoms with van der Waals surface area (Å²) in [5.74, 6) is 4.71. The summed E-state index contributed by atoms with van der Waals surface area (Å²) in [7, 11) is 0. The third-order valence-corrected chi connectivity index (χ3v) is 2.88. The predicted octanol–water partition coefficient (Wildman–Crippen LogP) is -0.143. The van der Waals surface area contributed by atoms with Crippen LogP contribution in [0.3, 0.4) is 0 Å². The number of hydrazine groups is 2. The van der Waals surface area contributed by atoms with E-state index in [2.05, 4.69) is 10.9 Å². The van der Waals surface area contributed by atoms with Crippen molar-refractivity contribution >= 4 is 17.3 Å². The second-order valence-corrected chi connectivity index (χ2v) is 4.17. The predicted molar refractivity (Wildman–Crippen MR) is 70.8 cm³/mol. The van der Waals surface area contributed by atoms with Gasteiger partial charge >= 0.3 is 0 Å². The van der Waals surface area contributed by atoms with Crippen LogP contribution in [0, 0.1) is 10.1 Å². The molecule has 1 aromatic carbocycles. The molecule has 1 aliphatic heterocycles. The molecule has 0 aromatic heterocycles. The molecule has 9 nitrogen and oxygen atoms in total. The number of anilines is 1. The molecule has 0 saturated carbocycles. The fourth-order valence-corrected chi connectivity index (χ4v) is 1.85. The van der Waals surface area contributed by atoms with Crippen molar-refractivity contribution in [3.05, 3.63) is 33.9 Å². The molecule has 2 rings (SSSR count). The van der Waals surface area contributed by atoms with Crippen molar-refractivity contribution in [3.8, 4) is 0 Å². The van der Waals surface area contributed by atoms with E-state index < -0.39 is 10.8 Å². The van der Waals surface area contributed by atoms with E-state index in [1.807, 2.05) is 0 Å². The van der Waals surface area contributed by atoms with E-state index in [9.17, 15) is 14.9 Å². The van der Waals surface area contributed by atoms with Crippen molar-refractivity contribution in [1.29, 1.82) is 0 Å². The summed E-state index contributed by atoms with van der Waals surface area (Å²) in [5.41, 5.74) is 5.08. The maximum Gasteiger partial charge on any atom is 0.282 e. The average Bonchev–Trinajstić information content (AvgIpc) is 2.47. The molecule has 1 aliphatic rings. The van der Waals surface area contributed by atoms with E-state index in [4.69, 9.17) is 10.6 Å². The number of nitro benzene ring substituents is 1. The first kappa shape index (κ1) is 14.2. The zero-order valence-corrected chi connectivity index (χ0v) is 10.7. The van der Waals surface area contributed by atoms with Crippen LogP contribution in [-0.4, -0.2) is 42.1 Å². The average molecular weight is 281 g/mol. The lowest BCUT2D eigenvalue weighted by Gasteiger charge is -2.26. The highest BCUT2D eigenvalue weighted by atomic mass is 16.6. The van der Waals surface area contributed by atoms with Crippen molar-refractivity contribution in [1.82, 2.24) is 10.4 Å². The van der Waals surface area contributed by atoms with E-state index in [-0.39, 0.29) is 11.3 Å². The van der Waals surface area contributed by atoms with Gasteiger partial charge in [-0.25, -0.2) is 5.01 Å². The topological polar surface area (TPSA) is 123 Å². The molecule has 1 heterocycles. The van der Waals surface area contributed by atoms with Gasteiger partial charge < -0.3 is 10.2 Å². The summed E-state index contributed by atoms with van der Waals surface area (Å²) in [6.07, 6.45) is 0. The minimum absolute atomic E-state index is 0.0445. The molecular formula is C11H15N5O4. The standard InChI is InChI=1S/C11H15N5O4/c12-13-8-1-2-10(16(18)19)9(7-8)11(17)14-15-3-5-20-6-4-15/h1-2,7,13H,3-6,12H2,(H,14,17). The van der Waals surface area contributed by atoms with Crippen LogP contribution in [0.25, 0.3) is 0 Å². The SMILES string of the molecule is NNc1ccc([N+](=O)[O-])c(C(=O)NN2CCOCC2)c1. The Morgan fingerprint density at radius 3 is 2.70 bits per heavy atom. The summed E-state index contributed by atoms with van der Waals surface area (Å²) in [6.45, 7) is 2.09. The lowest BCUT2D eigenvalue weighted by Crippen LogP contribution is -2.48. The van der Waals surface area contributed by atoms with Crippen LogP contribution in [0.2, 0.25) is 0 Å². The smallest absolute Gasteiger partial charge is 0.282 e. The number of ether oxygens (including phenoxy) is 1. The highest BCUT2D eigenvalue weighted by molar-refractivity contribution is 5.98. The molecule has 9 heteroatoms.